The van der Waals surface area contributed by atoms with Gasteiger partial charge in [-0.1, -0.05) is 0 Å². The van der Waals surface area contributed by atoms with Crippen LogP contribution in [0.5, 0.6) is 0 Å². The van der Waals surface area contributed by atoms with E-state index in [0.717, 1.165) is 18.9 Å². The molecule has 144 valence electrons. The number of halogens is 1. The third-order valence-corrected chi connectivity index (χ3v) is 5.99. The standard InChI is InChI=1S/C20H23FN2O4/c1-11-5-6-12-16-13(18(24)14(19(25)26)10-22(11)16)9-15(21)17(12)23-8-4-3-7-20(23,2)27/h9-11,27H,3-8H2,1-2H3,(H,25,26)/t11?,20-/m0/s1. The van der Waals surface area contributed by atoms with Crippen LogP contribution in [-0.4, -0.2) is 33.0 Å². The molecule has 27 heavy (non-hydrogen) atoms. The fourth-order valence-electron chi connectivity index (χ4n) is 4.54. The van der Waals surface area contributed by atoms with E-state index in [1.807, 2.05) is 6.92 Å². The lowest BCUT2D eigenvalue weighted by atomic mass is 9.91. The lowest BCUT2D eigenvalue weighted by molar-refractivity contribution is 0.0307. The third kappa shape index (κ3) is 2.64. The molecule has 2 atom stereocenters. The molecule has 0 radical (unpaired) electrons. The van der Waals surface area contributed by atoms with Gasteiger partial charge in [0.15, 0.2) is 0 Å². The number of carboxylic acids is 1. The summed E-state index contributed by atoms with van der Waals surface area (Å²) in [6.07, 6.45) is 4.92. The largest absolute Gasteiger partial charge is 0.477 e. The minimum atomic E-state index is -1.31. The summed E-state index contributed by atoms with van der Waals surface area (Å²) in [4.78, 5) is 25.8. The Morgan fingerprint density at radius 3 is 2.78 bits per heavy atom. The molecule has 0 aliphatic carbocycles. The number of rotatable bonds is 2. The van der Waals surface area contributed by atoms with Gasteiger partial charge >= 0.3 is 5.97 Å². The first-order valence-corrected chi connectivity index (χ1v) is 9.36. The van der Waals surface area contributed by atoms with E-state index in [1.54, 1.807) is 16.4 Å². The van der Waals surface area contributed by atoms with Crippen molar-refractivity contribution in [3.63, 3.8) is 0 Å². The SMILES string of the molecule is CC1CCc2c(N3CCCC[C@]3(C)O)c(F)cc3c(=O)c(C(=O)O)cn1c23. The van der Waals surface area contributed by atoms with E-state index in [0.29, 0.717) is 42.6 Å². The van der Waals surface area contributed by atoms with Crippen molar-refractivity contribution in [2.45, 2.75) is 57.7 Å². The van der Waals surface area contributed by atoms with Gasteiger partial charge in [-0.25, -0.2) is 9.18 Å². The van der Waals surface area contributed by atoms with Crippen molar-refractivity contribution in [3.8, 4) is 0 Å². The molecular formula is C20H23FN2O4. The number of nitrogens with zero attached hydrogens (tertiary/aromatic N) is 2. The van der Waals surface area contributed by atoms with Gasteiger partial charge in [0.2, 0.25) is 5.43 Å². The van der Waals surface area contributed by atoms with Crippen molar-refractivity contribution in [1.29, 1.82) is 0 Å². The van der Waals surface area contributed by atoms with Crippen molar-refractivity contribution in [2.75, 3.05) is 11.4 Å². The molecule has 0 saturated carbocycles. The van der Waals surface area contributed by atoms with Gasteiger partial charge < -0.3 is 19.7 Å². The molecule has 4 rings (SSSR count). The van der Waals surface area contributed by atoms with Crippen LogP contribution in [0.3, 0.4) is 0 Å². The van der Waals surface area contributed by atoms with Crippen molar-refractivity contribution >= 4 is 22.6 Å². The van der Waals surface area contributed by atoms with Crippen LogP contribution in [0.4, 0.5) is 10.1 Å². The van der Waals surface area contributed by atoms with Crippen LogP contribution in [0.15, 0.2) is 17.1 Å². The van der Waals surface area contributed by atoms with Gasteiger partial charge in [0.1, 0.15) is 17.1 Å². The quantitative estimate of drug-likeness (QED) is 0.844. The highest BCUT2D eigenvalue weighted by Crippen LogP contribution is 2.41. The number of aryl methyl sites for hydroxylation is 1. The Balaban J connectivity index is 2.08. The van der Waals surface area contributed by atoms with Crippen LogP contribution in [0, 0.1) is 5.82 Å². The first-order chi connectivity index (χ1) is 12.7. The molecule has 1 unspecified atom stereocenters. The van der Waals surface area contributed by atoms with Gasteiger partial charge in [0.25, 0.3) is 0 Å². The second-order valence-electron chi connectivity index (χ2n) is 7.88. The Morgan fingerprint density at radius 2 is 2.11 bits per heavy atom. The maximum Gasteiger partial charge on any atom is 0.341 e. The summed E-state index contributed by atoms with van der Waals surface area (Å²) in [6, 6.07) is 1.14. The molecule has 6 nitrogen and oxygen atoms in total. The second-order valence-corrected chi connectivity index (χ2v) is 7.88. The fraction of sp³-hybridized carbons (Fsp3) is 0.500. The summed E-state index contributed by atoms with van der Waals surface area (Å²) in [5.41, 5.74) is -0.561. The minimum absolute atomic E-state index is 0.00104. The van der Waals surface area contributed by atoms with Crippen LogP contribution >= 0.6 is 0 Å². The summed E-state index contributed by atoms with van der Waals surface area (Å²) in [6.45, 7) is 4.18. The fourth-order valence-corrected chi connectivity index (χ4v) is 4.54. The van der Waals surface area contributed by atoms with Gasteiger partial charge in [-0.15, -0.1) is 0 Å². The lowest BCUT2D eigenvalue weighted by Gasteiger charge is -2.44. The summed E-state index contributed by atoms with van der Waals surface area (Å²) >= 11 is 0. The first-order valence-electron chi connectivity index (χ1n) is 9.36. The third-order valence-electron chi connectivity index (χ3n) is 5.99. The molecule has 1 saturated heterocycles. The number of anilines is 1. The normalized spacial score (nSPS) is 25.0. The topological polar surface area (TPSA) is 82.8 Å². The number of aromatic nitrogens is 1. The van der Waals surface area contributed by atoms with E-state index in [9.17, 15) is 19.8 Å². The van der Waals surface area contributed by atoms with Gasteiger partial charge in [0.05, 0.1) is 11.2 Å². The molecule has 0 spiro atoms. The molecule has 1 aromatic carbocycles. The molecule has 0 bridgehead atoms. The van der Waals surface area contributed by atoms with E-state index in [2.05, 4.69) is 0 Å². The molecule has 2 aliphatic rings. The number of piperidine rings is 1. The number of hydrogen-bond acceptors (Lipinski definition) is 4. The Hall–Kier alpha value is -2.41. The monoisotopic (exact) mass is 374 g/mol. The van der Waals surface area contributed by atoms with Crippen LogP contribution < -0.4 is 10.3 Å². The second kappa shape index (κ2) is 6.05. The number of aliphatic hydroxyl groups is 1. The zero-order valence-corrected chi connectivity index (χ0v) is 15.5. The smallest absolute Gasteiger partial charge is 0.341 e. The number of hydrogen-bond donors (Lipinski definition) is 2. The zero-order chi connectivity index (χ0) is 19.5. The Kier molecular flexibility index (Phi) is 4.03. The number of pyridine rings is 1. The average molecular weight is 374 g/mol. The summed E-state index contributed by atoms with van der Waals surface area (Å²) in [7, 11) is 0. The average Bonchev–Trinajstić information content (AvgIpc) is 2.59. The predicted octanol–water partition coefficient (Wildman–Crippen LogP) is 3.04. The Labute approximate surface area is 155 Å². The molecular weight excluding hydrogens is 351 g/mol. The summed E-state index contributed by atoms with van der Waals surface area (Å²) in [5, 5.41) is 20.3. The molecule has 2 aromatic rings. The van der Waals surface area contributed by atoms with Crippen LogP contribution in [-0.2, 0) is 6.42 Å². The summed E-state index contributed by atoms with van der Waals surface area (Å²) in [5.74, 6) is -1.89. The van der Waals surface area contributed by atoms with E-state index in [4.69, 9.17) is 0 Å². The minimum Gasteiger partial charge on any atom is -0.477 e. The van der Waals surface area contributed by atoms with E-state index in [1.165, 1.54) is 6.20 Å². The van der Waals surface area contributed by atoms with Crippen LogP contribution in [0.25, 0.3) is 10.9 Å². The van der Waals surface area contributed by atoms with Crippen molar-refractivity contribution in [2.24, 2.45) is 0 Å². The maximum atomic E-state index is 15.2. The van der Waals surface area contributed by atoms with E-state index in [-0.39, 0.29) is 17.0 Å². The van der Waals surface area contributed by atoms with Gasteiger partial charge in [-0.05, 0) is 52.0 Å². The zero-order valence-electron chi connectivity index (χ0n) is 15.5. The lowest BCUT2D eigenvalue weighted by Crippen LogP contribution is -2.50. The van der Waals surface area contributed by atoms with Gasteiger partial charge in [0, 0.05) is 29.7 Å². The number of carbonyl (C=O) groups is 1. The Morgan fingerprint density at radius 1 is 1.37 bits per heavy atom. The number of aromatic carboxylic acids is 1. The molecule has 1 fully saturated rings. The molecule has 2 N–H and O–H groups in total. The number of carboxylic acid groups (broad SMARTS) is 1. The Bertz CT molecular complexity index is 1010. The highest BCUT2D eigenvalue weighted by Gasteiger charge is 2.37. The predicted molar refractivity (Wildman–Crippen MR) is 100.0 cm³/mol. The highest BCUT2D eigenvalue weighted by molar-refractivity contribution is 5.95. The molecule has 2 aliphatic heterocycles. The van der Waals surface area contributed by atoms with Crippen molar-refractivity contribution < 1.29 is 19.4 Å². The van der Waals surface area contributed by atoms with Gasteiger partial charge in [-0.3, -0.25) is 4.79 Å². The van der Waals surface area contributed by atoms with E-state index < -0.39 is 22.9 Å². The molecule has 0 amide bonds. The highest BCUT2D eigenvalue weighted by atomic mass is 19.1. The molecule has 1 aromatic heterocycles. The van der Waals surface area contributed by atoms with Crippen molar-refractivity contribution in [1.82, 2.24) is 4.57 Å². The number of benzene rings is 1. The summed E-state index contributed by atoms with van der Waals surface area (Å²) < 4.78 is 17.0. The van der Waals surface area contributed by atoms with Crippen LogP contribution in [0.1, 0.15) is 61.5 Å². The molecule has 7 heteroatoms. The van der Waals surface area contributed by atoms with Gasteiger partial charge in [-0.2, -0.15) is 0 Å². The van der Waals surface area contributed by atoms with Crippen LogP contribution in [0.2, 0.25) is 0 Å². The van der Waals surface area contributed by atoms with Crippen molar-refractivity contribution in [3.05, 3.63) is 39.4 Å². The van der Waals surface area contributed by atoms with E-state index >= 15 is 4.39 Å². The first kappa shape index (κ1) is 18.0. The maximum absolute atomic E-state index is 15.2. The molecule has 3 heterocycles.